The van der Waals surface area contributed by atoms with Crippen LogP contribution in [0.1, 0.15) is 37.7 Å². The maximum absolute atomic E-state index is 3.60. The van der Waals surface area contributed by atoms with Crippen molar-refractivity contribution in [2.24, 2.45) is 0 Å². The van der Waals surface area contributed by atoms with Crippen molar-refractivity contribution >= 4 is 10.8 Å². The third kappa shape index (κ3) is 1.93. The Kier molecular flexibility index (Phi) is 3.09. The minimum Gasteiger partial charge on any atom is -0.310 e. The molecule has 0 aliphatic heterocycles. The molecule has 1 nitrogen and oxygen atoms in total. The van der Waals surface area contributed by atoms with Gasteiger partial charge in [0.2, 0.25) is 0 Å². The zero-order valence-electron chi connectivity index (χ0n) is 11.1. The molecule has 18 heavy (non-hydrogen) atoms. The van der Waals surface area contributed by atoms with E-state index < -0.39 is 0 Å². The molecule has 0 unspecified atom stereocenters. The van der Waals surface area contributed by atoms with E-state index in [4.69, 9.17) is 0 Å². The first-order valence-electron chi connectivity index (χ1n) is 7.02. The Balaban J connectivity index is 2.06. The molecule has 1 saturated carbocycles. The van der Waals surface area contributed by atoms with Crippen LogP contribution >= 0.6 is 0 Å². The average Bonchev–Trinajstić information content (AvgIpc) is 2.47. The van der Waals surface area contributed by atoms with Crippen LogP contribution in [0.25, 0.3) is 10.8 Å². The Morgan fingerprint density at radius 3 is 2.33 bits per heavy atom. The number of fused-ring (bicyclic) bond motifs is 1. The molecule has 1 fully saturated rings. The Labute approximate surface area is 109 Å². The van der Waals surface area contributed by atoms with Crippen LogP contribution in [-0.4, -0.2) is 7.05 Å². The van der Waals surface area contributed by atoms with Crippen LogP contribution in [0, 0.1) is 0 Å². The van der Waals surface area contributed by atoms with Gasteiger partial charge in [0.25, 0.3) is 0 Å². The summed E-state index contributed by atoms with van der Waals surface area (Å²) >= 11 is 0. The summed E-state index contributed by atoms with van der Waals surface area (Å²) in [6.45, 7) is 0. The molecule has 1 aliphatic carbocycles. The smallest absolute Gasteiger partial charge is 0.0432 e. The van der Waals surface area contributed by atoms with Crippen LogP contribution in [0.2, 0.25) is 0 Å². The summed E-state index contributed by atoms with van der Waals surface area (Å²) in [6.07, 6.45) is 6.60. The van der Waals surface area contributed by atoms with Gasteiger partial charge < -0.3 is 5.32 Å². The number of benzene rings is 2. The molecule has 0 heterocycles. The molecule has 0 spiro atoms. The predicted molar refractivity (Wildman–Crippen MR) is 77.8 cm³/mol. The fourth-order valence-corrected chi connectivity index (χ4v) is 3.33. The van der Waals surface area contributed by atoms with Gasteiger partial charge in [-0.1, -0.05) is 55.7 Å². The van der Waals surface area contributed by atoms with Crippen LogP contribution in [0.3, 0.4) is 0 Å². The van der Waals surface area contributed by atoms with Gasteiger partial charge in [-0.2, -0.15) is 0 Å². The Hall–Kier alpha value is -1.34. The molecule has 1 N–H and O–H groups in total. The quantitative estimate of drug-likeness (QED) is 0.827. The molecule has 1 heteroatoms. The van der Waals surface area contributed by atoms with Crippen LogP contribution < -0.4 is 5.32 Å². The van der Waals surface area contributed by atoms with Gasteiger partial charge in [-0.25, -0.2) is 0 Å². The van der Waals surface area contributed by atoms with E-state index in [0.717, 1.165) is 0 Å². The minimum atomic E-state index is 0.211. The second kappa shape index (κ2) is 4.74. The average molecular weight is 239 g/mol. The molecule has 0 amide bonds. The zero-order valence-corrected chi connectivity index (χ0v) is 11.1. The van der Waals surface area contributed by atoms with Gasteiger partial charge in [0.15, 0.2) is 0 Å². The van der Waals surface area contributed by atoms with E-state index in [1.807, 2.05) is 0 Å². The largest absolute Gasteiger partial charge is 0.310 e. The number of hydrogen-bond acceptors (Lipinski definition) is 1. The van der Waals surface area contributed by atoms with Gasteiger partial charge in [-0.15, -0.1) is 0 Å². The standard InChI is InChI=1S/C17H21N/c1-18-17(11-5-2-6-12-17)16-10-9-14-7-3-4-8-15(14)13-16/h3-4,7-10,13,18H,2,5-6,11-12H2,1H3. The third-order valence-corrected chi connectivity index (χ3v) is 4.49. The Morgan fingerprint density at radius 1 is 0.889 bits per heavy atom. The van der Waals surface area contributed by atoms with Gasteiger partial charge in [-0.05, 0) is 42.3 Å². The molecular weight excluding hydrogens is 218 g/mol. The molecule has 3 rings (SSSR count). The van der Waals surface area contributed by atoms with Crippen molar-refractivity contribution in [2.75, 3.05) is 7.05 Å². The molecule has 0 saturated heterocycles. The summed E-state index contributed by atoms with van der Waals surface area (Å²) in [5, 5.41) is 6.29. The molecule has 0 atom stereocenters. The minimum absolute atomic E-state index is 0.211. The monoisotopic (exact) mass is 239 g/mol. The molecule has 0 radical (unpaired) electrons. The van der Waals surface area contributed by atoms with E-state index >= 15 is 0 Å². The highest BCUT2D eigenvalue weighted by Crippen LogP contribution is 2.37. The maximum Gasteiger partial charge on any atom is 0.0432 e. The lowest BCUT2D eigenvalue weighted by atomic mass is 9.76. The third-order valence-electron chi connectivity index (χ3n) is 4.49. The van der Waals surface area contributed by atoms with Crippen LogP contribution in [0.5, 0.6) is 0 Å². The molecule has 0 bridgehead atoms. The second-order valence-electron chi connectivity index (χ2n) is 5.45. The summed E-state index contributed by atoms with van der Waals surface area (Å²) in [5.74, 6) is 0. The topological polar surface area (TPSA) is 12.0 Å². The molecule has 94 valence electrons. The predicted octanol–water partition coefficient (Wildman–Crippen LogP) is 4.22. The van der Waals surface area contributed by atoms with Gasteiger partial charge in [0.1, 0.15) is 0 Å². The highest BCUT2D eigenvalue weighted by molar-refractivity contribution is 5.83. The fraction of sp³-hybridized carbons (Fsp3) is 0.412. The normalized spacial score (nSPS) is 18.9. The van der Waals surface area contributed by atoms with Crippen molar-refractivity contribution in [2.45, 2.75) is 37.6 Å². The van der Waals surface area contributed by atoms with E-state index in [0.29, 0.717) is 0 Å². The van der Waals surface area contributed by atoms with E-state index in [1.54, 1.807) is 0 Å². The molecule has 2 aromatic carbocycles. The maximum atomic E-state index is 3.60. The molecular formula is C17H21N. The highest BCUT2D eigenvalue weighted by Gasteiger charge is 2.31. The first-order valence-corrected chi connectivity index (χ1v) is 7.02. The summed E-state index contributed by atoms with van der Waals surface area (Å²) < 4.78 is 0. The fourth-order valence-electron chi connectivity index (χ4n) is 3.33. The molecule has 1 aliphatic rings. The van der Waals surface area contributed by atoms with Crippen molar-refractivity contribution in [3.8, 4) is 0 Å². The second-order valence-corrected chi connectivity index (χ2v) is 5.45. The van der Waals surface area contributed by atoms with Gasteiger partial charge >= 0.3 is 0 Å². The van der Waals surface area contributed by atoms with E-state index in [9.17, 15) is 0 Å². The van der Waals surface area contributed by atoms with Gasteiger partial charge in [0.05, 0.1) is 0 Å². The lowest BCUT2D eigenvalue weighted by Crippen LogP contribution is -2.41. The lowest BCUT2D eigenvalue weighted by molar-refractivity contribution is 0.250. The number of rotatable bonds is 2. The number of hydrogen-bond donors (Lipinski definition) is 1. The lowest BCUT2D eigenvalue weighted by Gasteiger charge is -2.38. The van der Waals surface area contributed by atoms with Crippen molar-refractivity contribution in [3.05, 3.63) is 48.0 Å². The first kappa shape index (κ1) is 11.7. The summed E-state index contributed by atoms with van der Waals surface area (Å²) in [7, 11) is 2.11. The van der Waals surface area contributed by atoms with E-state index in [-0.39, 0.29) is 5.54 Å². The Bertz CT molecular complexity index is 538. The summed E-state index contributed by atoms with van der Waals surface area (Å²) in [4.78, 5) is 0. The molecule has 0 aromatic heterocycles. The SMILES string of the molecule is CNC1(c2ccc3ccccc3c2)CCCCC1. The summed E-state index contributed by atoms with van der Waals surface area (Å²) in [5.41, 5.74) is 1.67. The first-order chi connectivity index (χ1) is 8.84. The van der Waals surface area contributed by atoms with Crippen molar-refractivity contribution in [1.82, 2.24) is 5.32 Å². The van der Waals surface area contributed by atoms with Gasteiger partial charge in [-0.3, -0.25) is 0 Å². The molecule has 2 aromatic rings. The van der Waals surface area contributed by atoms with Crippen molar-refractivity contribution in [3.63, 3.8) is 0 Å². The highest BCUT2D eigenvalue weighted by atomic mass is 14.9. The Morgan fingerprint density at radius 2 is 1.61 bits per heavy atom. The van der Waals surface area contributed by atoms with Crippen molar-refractivity contribution in [1.29, 1.82) is 0 Å². The van der Waals surface area contributed by atoms with E-state index in [2.05, 4.69) is 54.8 Å². The van der Waals surface area contributed by atoms with Crippen LogP contribution in [0.15, 0.2) is 42.5 Å². The van der Waals surface area contributed by atoms with Crippen LogP contribution in [-0.2, 0) is 5.54 Å². The summed E-state index contributed by atoms with van der Waals surface area (Å²) in [6, 6.07) is 15.6. The van der Waals surface area contributed by atoms with Crippen molar-refractivity contribution < 1.29 is 0 Å². The zero-order chi connectivity index (χ0) is 12.4. The van der Waals surface area contributed by atoms with E-state index in [1.165, 1.54) is 48.4 Å². The van der Waals surface area contributed by atoms with Gasteiger partial charge in [0, 0.05) is 5.54 Å². The number of nitrogens with one attached hydrogen (secondary N) is 1. The van der Waals surface area contributed by atoms with Crippen LogP contribution in [0.4, 0.5) is 0 Å².